The molecule has 98 valence electrons. The molecule has 5 rings (SSSR count). The Balaban J connectivity index is 1.82. The van der Waals surface area contributed by atoms with Crippen molar-refractivity contribution >= 4 is 0 Å². The molecule has 4 unspecified atom stereocenters. The Labute approximate surface area is 107 Å². The molecule has 4 saturated carbocycles. The van der Waals surface area contributed by atoms with Gasteiger partial charge in [-0.2, -0.15) is 5.10 Å². The molecule has 4 aliphatic carbocycles. The number of nitrogens with zero attached hydrogens (tertiary/aromatic N) is 2. The van der Waals surface area contributed by atoms with Crippen molar-refractivity contribution in [3.8, 4) is 0 Å². The van der Waals surface area contributed by atoms with Gasteiger partial charge in [-0.3, -0.25) is 5.10 Å². The minimum Gasteiger partial charge on any atom is -0.390 e. The van der Waals surface area contributed by atoms with Crippen molar-refractivity contribution in [2.24, 2.45) is 11.3 Å². The van der Waals surface area contributed by atoms with Crippen LogP contribution in [-0.4, -0.2) is 25.9 Å². The summed E-state index contributed by atoms with van der Waals surface area (Å²) in [7, 11) is 0. The molecule has 18 heavy (non-hydrogen) atoms. The molecule has 1 aromatic rings. The van der Waals surface area contributed by atoms with Crippen LogP contribution in [0, 0.1) is 11.3 Å². The summed E-state index contributed by atoms with van der Waals surface area (Å²) < 4.78 is 0. The average Bonchev–Trinajstić information content (AvgIpc) is 2.79. The van der Waals surface area contributed by atoms with Gasteiger partial charge in [0.2, 0.25) is 0 Å². The Morgan fingerprint density at radius 1 is 1.33 bits per heavy atom. The van der Waals surface area contributed by atoms with Crippen molar-refractivity contribution in [1.82, 2.24) is 15.2 Å². The third kappa shape index (κ3) is 1.30. The van der Waals surface area contributed by atoms with Gasteiger partial charge in [0.05, 0.1) is 5.60 Å². The quantitative estimate of drug-likeness (QED) is 0.842. The van der Waals surface area contributed by atoms with Crippen LogP contribution in [0.25, 0.3) is 0 Å². The second-order valence-electron chi connectivity index (χ2n) is 7.20. The molecule has 4 aliphatic rings. The van der Waals surface area contributed by atoms with Gasteiger partial charge in [-0.25, -0.2) is 4.98 Å². The largest absolute Gasteiger partial charge is 0.390 e. The first kappa shape index (κ1) is 11.0. The van der Waals surface area contributed by atoms with Crippen LogP contribution in [0.2, 0.25) is 0 Å². The van der Waals surface area contributed by atoms with E-state index in [1.54, 1.807) is 6.33 Å². The monoisotopic (exact) mass is 247 g/mol. The zero-order valence-electron chi connectivity index (χ0n) is 10.9. The fourth-order valence-corrected chi connectivity index (χ4v) is 5.70. The van der Waals surface area contributed by atoms with Gasteiger partial charge < -0.3 is 5.11 Å². The Kier molecular flexibility index (Phi) is 1.92. The summed E-state index contributed by atoms with van der Waals surface area (Å²) in [6.45, 7) is 2.28. The summed E-state index contributed by atoms with van der Waals surface area (Å²) in [6, 6.07) is 0. The minimum absolute atomic E-state index is 0.0701. The Bertz CT molecular complexity index is 473. The van der Waals surface area contributed by atoms with E-state index in [0.29, 0.717) is 11.3 Å². The maximum atomic E-state index is 10.9. The Morgan fingerprint density at radius 3 is 2.89 bits per heavy atom. The van der Waals surface area contributed by atoms with E-state index in [-0.39, 0.29) is 5.41 Å². The summed E-state index contributed by atoms with van der Waals surface area (Å²) >= 11 is 0. The molecular weight excluding hydrogens is 226 g/mol. The van der Waals surface area contributed by atoms with Crippen LogP contribution < -0.4 is 0 Å². The van der Waals surface area contributed by atoms with E-state index in [4.69, 9.17) is 0 Å². The number of aromatic amines is 1. The number of H-pyrrole nitrogens is 1. The SMILES string of the molecule is CCC12CC3CC(O)(C1)CC(c1ncn[nH]1)(C3)C2. The van der Waals surface area contributed by atoms with E-state index in [2.05, 4.69) is 22.1 Å². The Hall–Kier alpha value is -0.900. The molecule has 4 atom stereocenters. The molecule has 4 heteroatoms. The molecule has 1 heterocycles. The minimum atomic E-state index is -0.442. The van der Waals surface area contributed by atoms with E-state index in [1.165, 1.54) is 25.7 Å². The smallest absolute Gasteiger partial charge is 0.137 e. The van der Waals surface area contributed by atoms with Crippen molar-refractivity contribution in [3.05, 3.63) is 12.2 Å². The van der Waals surface area contributed by atoms with E-state index in [0.717, 1.165) is 25.1 Å². The lowest BCUT2D eigenvalue weighted by molar-refractivity contribution is -0.178. The van der Waals surface area contributed by atoms with Gasteiger partial charge in [-0.05, 0) is 49.9 Å². The molecular formula is C14H21N3O. The third-order valence-electron chi connectivity index (χ3n) is 5.82. The lowest BCUT2D eigenvalue weighted by Crippen LogP contribution is -2.61. The van der Waals surface area contributed by atoms with E-state index in [1.807, 2.05) is 0 Å². The first-order chi connectivity index (χ1) is 8.57. The van der Waals surface area contributed by atoms with Crippen molar-refractivity contribution in [2.45, 2.75) is 62.9 Å². The summed E-state index contributed by atoms with van der Waals surface area (Å²) in [6.07, 6.45) is 9.36. The van der Waals surface area contributed by atoms with Crippen LogP contribution in [0.5, 0.6) is 0 Å². The number of nitrogens with one attached hydrogen (secondary N) is 1. The maximum Gasteiger partial charge on any atom is 0.137 e. The number of aliphatic hydroxyl groups is 1. The number of hydrogen-bond donors (Lipinski definition) is 2. The van der Waals surface area contributed by atoms with E-state index in [9.17, 15) is 5.11 Å². The summed E-state index contributed by atoms with van der Waals surface area (Å²) in [5, 5.41) is 18.0. The van der Waals surface area contributed by atoms with E-state index >= 15 is 0 Å². The van der Waals surface area contributed by atoms with Crippen LogP contribution in [0.3, 0.4) is 0 Å². The second kappa shape index (κ2) is 3.16. The highest BCUT2D eigenvalue weighted by atomic mass is 16.3. The zero-order chi connectivity index (χ0) is 12.4. The predicted molar refractivity (Wildman–Crippen MR) is 66.9 cm³/mol. The maximum absolute atomic E-state index is 10.9. The van der Waals surface area contributed by atoms with Gasteiger partial charge in [-0.15, -0.1) is 0 Å². The molecule has 0 saturated heterocycles. The molecule has 4 nitrogen and oxygen atoms in total. The van der Waals surface area contributed by atoms with Gasteiger partial charge in [0.1, 0.15) is 12.2 Å². The van der Waals surface area contributed by atoms with Crippen LogP contribution in [0.4, 0.5) is 0 Å². The Morgan fingerprint density at radius 2 is 2.22 bits per heavy atom. The van der Waals surface area contributed by atoms with Crippen LogP contribution in [0.1, 0.15) is 57.7 Å². The lowest BCUT2D eigenvalue weighted by atomic mass is 9.42. The van der Waals surface area contributed by atoms with Gasteiger partial charge in [0.15, 0.2) is 0 Å². The molecule has 0 aromatic carbocycles. The molecule has 4 bridgehead atoms. The number of aromatic nitrogens is 3. The van der Waals surface area contributed by atoms with Crippen molar-refractivity contribution in [2.75, 3.05) is 0 Å². The normalized spacial score (nSPS) is 49.8. The molecule has 2 N–H and O–H groups in total. The molecule has 1 aromatic heterocycles. The molecule has 0 spiro atoms. The summed E-state index contributed by atoms with van der Waals surface area (Å²) in [5.41, 5.74) is -0.0240. The molecule has 4 fully saturated rings. The first-order valence-corrected chi connectivity index (χ1v) is 7.15. The van der Waals surface area contributed by atoms with Gasteiger partial charge >= 0.3 is 0 Å². The average molecular weight is 247 g/mol. The molecule has 0 radical (unpaired) electrons. The second-order valence-corrected chi connectivity index (χ2v) is 7.20. The van der Waals surface area contributed by atoms with Gasteiger partial charge in [0, 0.05) is 5.41 Å². The van der Waals surface area contributed by atoms with Crippen LogP contribution in [-0.2, 0) is 5.41 Å². The van der Waals surface area contributed by atoms with Crippen molar-refractivity contribution < 1.29 is 5.11 Å². The number of hydrogen-bond acceptors (Lipinski definition) is 3. The highest BCUT2D eigenvalue weighted by molar-refractivity contribution is 5.22. The lowest BCUT2D eigenvalue weighted by Gasteiger charge is -2.64. The highest BCUT2D eigenvalue weighted by Gasteiger charge is 2.63. The molecule has 0 amide bonds. The van der Waals surface area contributed by atoms with Crippen LogP contribution in [0.15, 0.2) is 6.33 Å². The molecule has 0 aliphatic heterocycles. The fourth-order valence-electron chi connectivity index (χ4n) is 5.70. The summed E-state index contributed by atoms with van der Waals surface area (Å²) in [5.74, 6) is 1.69. The zero-order valence-corrected chi connectivity index (χ0v) is 10.9. The topological polar surface area (TPSA) is 61.8 Å². The van der Waals surface area contributed by atoms with Crippen molar-refractivity contribution in [1.29, 1.82) is 0 Å². The highest BCUT2D eigenvalue weighted by Crippen LogP contribution is 2.67. The third-order valence-corrected chi connectivity index (χ3v) is 5.82. The van der Waals surface area contributed by atoms with Crippen molar-refractivity contribution in [3.63, 3.8) is 0 Å². The van der Waals surface area contributed by atoms with Crippen LogP contribution >= 0.6 is 0 Å². The van der Waals surface area contributed by atoms with Gasteiger partial charge in [0.25, 0.3) is 0 Å². The fraction of sp³-hybridized carbons (Fsp3) is 0.857. The number of rotatable bonds is 2. The van der Waals surface area contributed by atoms with Gasteiger partial charge in [-0.1, -0.05) is 13.3 Å². The summed E-state index contributed by atoms with van der Waals surface area (Å²) in [4.78, 5) is 4.42. The standard InChI is InChI=1S/C14H21N3O/c1-2-12-3-10-4-13(6-12,11-15-9-16-17-11)8-14(18,5-10)7-12/h9-10,18H,2-8H2,1H3,(H,15,16,17). The van der Waals surface area contributed by atoms with E-state index < -0.39 is 5.60 Å². The predicted octanol–water partition coefficient (Wildman–Crippen LogP) is 2.17. The first-order valence-electron chi connectivity index (χ1n) is 7.15.